The molecule has 1 heterocycles. The van der Waals surface area contributed by atoms with Crippen molar-refractivity contribution in [3.63, 3.8) is 0 Å². The summed E-state index contributed by atoms with van der Waals surface area (Å²) in [6.45, 7) is 6.60. The topological polar surface area (TPSA) is 29.3 Å². The molecule has 0 bridgehead atoms. The monoisotopic (exact) mass is 246 g/mol. The zero-order valence-corrected chi connectivity index (χ0v) is 11.7. The van der Waals surface area contributed by atoms with Crippen molar-refractivity contribution in [1.82, 2.24) is 4.90 Å². The lowest BCUT2D eigenvalue weighted by molar-refractivity contribution is 0.121. The quantitative estimate of drug-likeness (QED) is 0.887. The fourth-order valence-electron chi connectivity index (χ4n) is 3.21. The van der Waals surface area contributed by atoms with Gasteiger partial charge in [0.1, 0.15) is 0 Å². The highest BCUT2D eigenvalue weighted by Crippen LogP contribution is 2.35. The van der Waals surface area contributed by atoms with Crippen LogP contribution in [-0.2, 0) is 0 Å². The predicted octanol–water partition coefficient (Wildman–Crippen LogP) is 3.20. The van der Waals surface area contributed by atoms with Gasteiger partial charge in [0, 0.05) is 12.1 Å². The second-order valence-corrected chi connectivity index (χ2v) is 5.68. The average molecular weight is 246 g/mol. The normalized spacial score (nSPS) is 26.2. The molecule has 2 nitrogen and oxygen atoms in total. The van der Waals surface area contributed by atoms with E-state index in [0.717, 1.165) is 6.54 Å². The van der Waals surface area contributed by atoms with Gasteiger partial charge >= 0.3 is 0 Å². The number of hydrogen-bond acceptors (Lipinski definition) is 2. The summed E-state index contributed by atoms with van der Waals surface area (Å²) in [4.78, 5) is 2.64. The summed E-state index contributed by atoms with van der Waals surface area (Å²) in [5.41, 5.74) is 7.47. The molecule has 1 aliphatic heterocycles. The summed E-state index contributed by atoms with van der Waals surface area (Å²) in [6.07, 6.45) is 3.88. The summed E-state index contributed by atoms with van der Waals surface area (Å²) in [6, 6.07) is 12.0. The van der Waals surface area contributed by atoms with Gasteiger partial charge in [0.15, 0.2) is 0 Å². The molecular weight excluding hydrogens is 220 g/mol. The van der Waals surface area contributed by atoms with Crippen molar-refractivity contribution in [2.75, 3.05) is 13.1 Å². The second kappa shape index (κ2) is 6.35. The molecule has 2 atom stereocenters. The molecular formula is C16H26N2. The van der Waals surface area contributed by atoms with Gasteiger partial charge in [-0.2, -0.15) is 0 Å². The van der Waals surface area contributed by atoms with Crippen molar-refractivity contribution in [2.45, 2.75) is 45.2 Å². The lowest BCUT2D eigenvalue weighted by Gasteiger charge is -2.37. The van der Waals surface area contributed by atoms with E-state index in [4.69, 9.17) is 5.73 Å². The Labute approximate surface area is 111 Å². The van der Waals surface area contributed by atoms with Crippen molar-refractivity contribution in [2.24, 2.45) is 11.7 Å². The van der Waals surface area contributed by atoms with E-state index in [1.54, 1.807) is 0 Å². The Morgan fingerprint density at radius 1 is 1.22 bits per heavy atom. The number of rotatable bonds is 3. The molecule has 1 fully saturated rings. The molecule has 0 aromatic heterocycles. The van der Waals surface area contributed by atoms with Crippen molar-refractivity contribution in [1.29, 1.82) is 0 Å². The first-order chi connectivity index (χ1) is 8.74. The summed E-state index contributed by atoms with van der Waals surface area (Å²) in [5, 5.41) is 0. The van der Waals surface area contributed by atoms with Crippen LogP contribution in [0.2, 0.25) is 0 Å². The zero-order chi connectivity index (χ0) is 13.0. The van der Waals surface area contributed by atoms with Crippen LogP contribution < -0.4 is 5.73 Å². The highest BCUT2D eigenvalue weighted by molar-refractivity contribution is 5.20. The summed E-state index contributed by atoms with van der Waals surface area (Å²) in [7, 11) is 0. The maximum absolute atomic E-state index is 6.04. The number of nitrogens with two attached hydrogens (primary N) is 1. The minimum atomic E-state index is 0.499. The molecule has 18 heavy (non-hydrogen) atoms. The molecule has 1 aliphatic rings. The van der Waals surface area contributed by atoms with Crippen molar-refractivity contribution >= 4 is 0 Å². The molecule has 0 amide bonds. The molecule has 2 heteroatoms. The van der Waals surface area contributed by atoms with Crippen LogP contribution in [0.4, 0.5) is 0 Å². The minimum Gasteiger partial charge on any atom is -0.330 e. The molecule has 1 aromatic carbocycles. The molecule has 0 radical (unpaired) electrons. The lowest BCUT2D eigenvalue weighted by Crippen LogP contribution is -2.39. The Bertz CT molecular complexity index is 347. The summed E-state index contributed by atoms with van der Waals surface area (Å²) >= 11 is 0. The largest absolute Gasteiger partial charge is 0.330 e. The van der Waals surface area contributed by atoms with Gasteiger partial charge in [0.2, 0.25) is 0 Å². The van der Waals surface area contributed by atoms with Gasteiger partial charge in [-0.05, 0) is 51.3 Å². The van der Waals surface area contributed by atoms with E-state index in [0.29, 0.717) is 18.0 Å². The van der Waals surface area contributed by atoms with Crippen molar-refractivity contribution < 1.29 is 0 Å². The Morgan fingerprint density at radius 3 is 2.56 bits per heavy atom. The van der Waals surface area contributed by atoms with Crippen LogP contribution in [0.3, 0.4) is 0 Å². The Hall–Kier alpha value is -0.860. The zero-order valence-electron chi connectivity index (χ0n) is 11.7. The second-order valence-electron chi connectivity index (χ2n) is 5.68. The standard InChI is InChI=1S/C16H26N2/c1-13(2)18-11-7-6-10-15(12-17)16(18)14-8-4-3-5-9-14/h3-5,8-9,13,15-16H,6-7,10-12,17H2,1-2H3. The fraction of sp³-hybridized carbons (Fsp3) is 0.625. The van der Waals surface area contributed by atoms with Gasteiger partial charge in [0.25, 0.3) is 0 Å². The Balaban J connectivity index is 2.32. The third-order valence-corrected chi connectivity index (χ3v) is 4.15. The molecule has 2 unspecified atom stereocenters. The van der Waals surface area contributed by atoms with Crippen LogP contribution in [-0.4, -0.2) is 24.0 Å². The Morgan fingerprint density at radius 2 is 1.94 bits per heavy atom. The number of hydrogen-bond donors (Lipinski definition) is 1. The molecule has 0 saturated carbocycles. The lowest BCUT2D eigenvalue weighted by atomic mass is 9.89. The van der Waals surface area contributed by atoms with Crippen LogP contribution in [0.25, 0.3) is 0 Å². The minimum absolute atomic E-state index is 0.499. The van der Waals surface area contributed by atoms with E-state index in [1.165, 1.54) is 31.4 Å². The van der Waals surface area contributed by atoms with Gasteiger partial charge in [-0.3, -0.25) is 4.90 Å². The molecule has 2 N–H and O–H groups in total. The van der Waals surface area contributed by atoms with Crippen LogP contribution in [0.15, 0.2) is 30.3 Å². The molecule has 0 spiro atoms. The first-order valence-electron chi connectivity index (χ1n) is 7.24. The number of likely N-dealkylation sites (tertiary alicyclic amines) is 1. The molecule has 1 saturated heterocycles. The fourth-order valence-corrected chi connectivity index (χ4v) is 3.21. The van der Waals surface area contributed by atoms with Gasteiger partial charge < -0.3 is 5.73 Å². The van der Waals surface area contributed by atoms with Crippen LogP contribution in [0.5, 0.6) is 0 Å². The summed E-state index contributed by atoms with van der Waals surface area (Å²) < 4.78 is 0. The van der Waals surface area contributed by atoms with Crippen molar-refractivity contribution in [3.8, 4) is 0 Å². The third kappa shape index (κ3) is 2.93. The maximum atomic E-state index is 6.04. The van der Waals surface area contributed by atoms with E-state index in [-0.39, 0.29) is 0 Å². The third-order valence-electron chi connectivity index (χ3n) is 4.15. The van der Waals surface area contributed by atoms with E-state index >= 15 is 0 Å². The van der Waals surface area contributed by atoms with Crippen LogP contribution in [0, 0.1) is 5.92 Å². The predicted molar refractivity (Wildman–Crippen MR) is 77.4 cm³/mol. The average Bonchev–Trinajstić information content (AvgIpc) is 2.61. The van der Waals surface area contributed by atoms with Gasteiger partial charge in [-0.15, -0.1) is 0 Å². The molecule has 1 aromatic rings. The number of benzene rings is 1. The molecule has 2 rings (SSSR count). The SMILES string of the molecule is CC(C)N1CCCCC(CN)C1c1ccccc1. The first kappa shape index (κ1) is 13.6. The summed E-state index contributed by atoms with van der Waals surface area (Å²) in [5.74, 6) is 0.595. The van der Waals surface area contributed by atoms with E-state index < -0.39 is 0 Å². The smallest absolute Gasteiger partial charge is 0.0391 e. The van der Waals surface area contributed by atoms with Crippen molar-refractivity contribution in [3.05, 3.63) is 35.9 Å². The molecule has 100 valence electrons. The van der Waals surface area contributed by atoms with Crippen LogP contribution in [0.1, 0.15) is 44.7 Å². The van der Waals surface area contributed by atoms with E-state index in [2.05, 4.69) is 49.1 Å². The van der Waals surface area contributed by atoms with Gasteiger partial charge in [-0.1, -0.05) is 36.8 Å². The number of nitrogens with zero attached hydrogens (tertiary/aromatic N) is 1. The molecule has 0 aliphatic carbocycles. The highest BCUT2D eigenvalue weighted by Gasteiger charge is 2.31. The highest BCUT2D eigenvalue weighted by atomic mass is 15.2. The van der Waals surface area contributed by atoms with Gasteiger partial charge in [-0.25, -0.2) is 0 Å². The maximum Gasteiger partial charge on any atom is 0.0391 e. The van der Waals surface area contributed by atoms with E-state index in [1.807, 2.05) is 0 Å². The van der Waals surface area contributed by atoms with Gasteiger partial charge in [0.05, 0.1) is 0 Å². The van der Waals surface area contributed by atoms with Crippen LogP contribution >= 0.6 is 0 Å². The first-order valence-corrected chi connectivity index (χ1v) is 7.24. The Kier molecular flexibility index (Phi) is 4.79. The van der Waals surface area contributed by atoms with E-state index in [9.17, 15) is 0 Å².